The van der Waals surface area contributed by atoms with Crippen LogP contribution in [0.5, 0.6) is 0 Å². The van der Waals surface area contributed by atoms with Crippen molar-refractivity contribution >= 4 is 21.8 Å². The molecule has 1 saturated carbocycles. The normalized spacial score (nSPS) is 25.1. The molecule has 1 aliphatic carbocycles. The van der Waals surface area contributed by atoms with Gasteiger partial charge in [0, 0.05) is 23.7 Å². The van der Waals surface area contributed by atoms with Gasteiger partial charge in [0.1, 0.15) is 4.90 Å². The predicted molar refractivity (Wildman–Crippen MR) is 92.6 cm³/mol. The van der Waals surface area contributed by atoms with Crippen molar-refractivity contribution < 1.29 is 18.0 Å². The van der Waals surface area contributed by atoms with Gasteiger partial charge in [-0.05, 0) is 57.7 Å². The Balaban J connectivity index is 1.84. The maximum absolute atomic E-state index is 12.6. The molecular formula is C17H23N3O4S. The lowest BCUT2D eigenvalue weighted by molar-refractivity contribution is 0.0845. The number of amides is 2. The maximum Gasteiger partial charge on any atom is 0.269 e. The molecule has 0 radical (unpaired) electrons. The fourth-order valence-electron chi connectivity index (χ4n) is 3.43. The third-order valence-electron chi connectivity index (χ3n) is 4.79. The molecule has 0 aromatic heterocycles. The molecule has 1 fully saturated rings. The van der Waals surface area contributed by atoms with E-state index < -0.39 is 22.0 Å². The Bertz CT molecular complexity index is 811. The summed E-state index contributed by atoms with van der Waals surface area (Å²) in [5.74, 6) is -0.868. The van der Waals surface area contributed by atoms with Crippen LogP contribution in [0, 0.1) is 0 Å². The number of hydrogen-bond acceptors (Lipinski definition) is 5. The number of rotatable bonds is 3. The average Bonchev–Trinajstić information content (AvgIpc) is 2.75. The minimum atomic E-state index is -3.90. The molecule has 3 N–H and O–H groups in total. The van der Waals surface area contributed by atoms with Crippen molar-refractivity contribution in [3.63, 3.8) is 0 Å². The summed E-state index contributed by atoms with van der Waals surface area (Å²) >= 11 is 0. The van der Waals surface area contributed by atoms with Crippen LogP contribution >= 0.6 is 0 Å². The van der Waals surface area contributed by atoms with Gasteiger partial charge in [-0.1, -0.05) is 0 Å². The Morgan fingerprint density at radius 1 is 1.24 bits per heavy atom. The van der Waals surface area contributed by atoms with Crippen LogP contribution < -0.4 is 11.1 Å². The Morgan fingerprint density at radius 2 is 1.88 bits per heavy atom. The topological polar surface area (TPSA) is 110 Å². The van der Waals surface area contributed by atoms with E-state index in [1.165, 1.54) is 18.2 Å². The van der Waals surface area contributed by atoms with Crippen molar-refractivity contribution in [1.29, 1.82) is 0 Å². The van der Waals surface area contributed by atoms with Gasteiger partial charge < -0.3 is 11.1 Å². The van der Waals surface area contributed by atoms with Gasteiger partial charge in [0.05, 0.1) is 5.56 Å². The third-order valence-corrected chi connectivity index (χ3v) is 6.79. The molecule has 1 aliphatic heterocycles. The summed E-state index contributed by atoms with van der Waals surface area (Å²) in [7, 11) is -3.90. The van der Waals surface area contributed by atoms with Crippen LogP contribution in [0.15, 0.2) is 23.1 Å². The van der Waals surface area contributed by atoms with Crippen LogP contribution in [0.4, 0.5) is 0 Å². The van der Waals surface area contributed by atoms with Crippen LogP contribution in [-0.2, 0) is 10.0 Å². The number of nitrogens with two attached hydrogens (primary N) is 1. The number of nitrogens with zero attached hydrogens (tertiary/aromatic N) is 1. The number of carbonyl (C=O) groups excluding carboxylic acids is 2. The zero-order valence-corrected chi connectivity index (χ0v) is 15.2. The molecule has 2 aliphatic rings. The number of sulfonamides is 1. The molecule has 3 rings (SSSR count). The molecule has 0 unspecified atom stereocenters. The molecule has 0 atom stereocenters. The van der Waals surface area contributed by atoms with E-state index in [1.807, 2.05) is 0 Å². The zero-order chi connectivity index (χ0) is 18.4. The number of nitrogens with one attached hydrogen (secondary N) is 1. The number of fused-ring (bicyclic) bond motifs is 1. The average molecular weight is 365 g/mol. The highest BCUT2D eigenvalue weighted by Gasteiger charge is 2.43. The van der Waals surface area contributed by atoms with Crippen molar-refractivity contribution in [1.82, 2.24) is 9.62 Å². The second-order valence-electron chi connectivity index (χ2n) is 7.00. The molecule has 136 valence electrons. The van der Waals surface area contributed by atoms with E-state index in [0.717, 1.165) is 30.0 Å². The first kappa shape index (κ1) is 17.9. The van der Waals surface area contributed by atoms with E-state index in [1.54, 1.807) is 13.8 Å². The Labute approximate surface area is 147 Å². The molecule has 0 spiro atoms. The van der Waals surface area contributed by atoms with E-state index in [9.17, 15) is 18.0 Å². The van der Waals surface area contributed by atoms with Gasteiger partial charge >= 0.3 is 0 Å². The van der Waals surface area contributed by atoms with Crippen LogP contribution in [-0.4, -0.2) is 42.7 Å². The largest absolute Gasteiger partial charge is 0.349 e. The summed E-state index contributed by atoms with van der Waals surface area (Å²) in [4.78, 5) is 24.7. The van der Waals surface area contributed by atoms with Crippen LogP contribution in [0.3, 0.4) is 0 Å². The van der Waals surface area contributed by atoms with Gasteiger partial charge in [-0.15, -0.1) is 0 Å². The van der Waals surface area contributed by atoms with Crippen molar-refractivity contribution in [2.24, 2.45) is 5.73 Å². The van der Waals surface area contributed by atoms with Crippen molar-refractivity contribution in [2.45, 2.75) is 62.6 Å². The fraction of sp³-hybridized carbons (Fsp3) is 0.529. The summed E-state index contributed by atoms with van der Waals surface area (Å²) in [6.07, 6.45) is 3.36. The van der Waals surface area contributed by atoms with Gasteiger partial charge in [-0.3, -0.25) is 9.59 Å². The first-order chi connectivity index (χ1) is 11.7. The van der Waals surface area contributed by atoms with Gasteiger partial charge in [-0.25, -0.2) is 12.7 Å². The minimum Gasteiger partial charge on any atom is -0.349 e. The Hall–Kier alpha value is -1.93. The van der Waals surface area contributed by atoms with Gasteiger partial charge in [0.2, 0.25) is 0 Å². The monoisotopic (exact) mass is 365 g/mol. The molecule has 1 aromatic carbocycles. The van der Waals surface area contributed by atoms with Crippen molar-refractivity contribution in [3.8, 4) is 0 Å². The standard InChI is InChI=1S/C17H23N3O4S/c1-10(2)20-17(22)14-8-3-11(9-15(14)25(20,23)24)16(21)19-13-6-4-12(18)5-7-13/h3,8-10,12-13H,4-7,18H2,1-2H3,(H,19,21). The third kappa shape index (κ3) is 3.16. The summed E-state index contributed by atoms with van der Waals surface area (Å²) in [6, 6.07) is 3.98. The van der Waals surface area contributed by atoms with E-state index in [4.69, 9.17) is 5.73 Å². The second-order valence-corrected chi connectivity index (χ2v) is 8.78. The van der Waals surface area contributed by atoms with Gasteiger partial charge in [0.15, 0.2) is 0 Å². The Morgan fingerprint density at radius 3 is 2.48 bits per heavy atom. The zero-order valence-electron chi connectivity index (χ0n) is 14.4. The van der Waals surface area contributed by atoms with Crippen LogP contribution in [0.1, 0.15) is 60.2 Å². The quantitative estimate of drug-likeness (QED) is 0.837. The molecular weight excluding hydrogens is 342 g/mol. The van der Waals surface area contributed by atoms with Gasteiger partial charge in [-0.2, -0.15) is 0 Å². The summed E-state index contributed by atoms with van der Waals surface area (Å²) in [6.45, 7) is 3.28. The van der Waals surface area contributed by atoms with E-state index in [2.05, 4.69) is 5.32 Å². The summed E-state index contributed by atoms with van der Waals surface area (Å²) in [5.41, 5.74) is 6.23. The van der Waals surface area contributed by atoms with Crippen LogP contribution in [0.2, 0.25) is 0 Å². The highest BCUT2D eigenvalue weighted by Crippen LogP contribution is 2.32. The molecule has 2 amide bonds. The maximum atomic E-state index is 12.6. The number of carbonyl (C=O) groups is 2. The van der Waals surface area contributed by atoms with Gasteiger partial charge in [0.25, 0.3) is 21.8 Å². The molecule has 0 bridgehead atoms. The van der Waals surface area contributed by atoms with Crippen molar-refractivity contribution in [2.75, 3.05) is 0 Å². The smallest absolute Gasteiger partial charge is 0.269 e. The highest BCUT2D eigenvalue weighted by molar-refractivity contribution is 7.90. The molecule has 25 heavy (non-hydrogen) atoms. The van der Waals surface area contributed by atoms with E-state index in [-0.39, 0.29) is 34.0 Å². The number of hydrogen-bond donors (Lipinski definition) is 2. The number of benzene rings is 1. The van der Waals surface area contributed by atoms with Crippen LogP contribution in [0.25, 0.3) is 0 Å². The SMILES string of the molecule is CC(C)N1C(=O)c2ccc(C(=O)NC3CCC(N)CC3)cc2S1(=O)=O. The van der Waals surface area contributed by atoms with E-state index >= 15 is 0 Å². The summed E-state index contributed by atoms with van der Waals surface area (Å²) < 4.78 is 26.1. The highest BCUT2D eigenvalue weighted by atomic mass is 32.2. The summed E-state index contributed by atoms with van der Waals surface area (Å²) in [5, 5.41) is 2.93. The molecule has 8 heteroatoms. The second kappa shape index (κ2) is 6.42. The van der Waals surface area contributed by atoms with E-state index in [0.29, 0.717) is 0 Å². The first-order valence-electron chi connectivity index (χ1n) is 8.51. The van der Waals surface area contributed by atoms with Crippen molar-refractivity contribution in [3.05, 3.63) is 29.3 Å². The lowest BCUT2D eigenvalue weighted by Crippen LogP contribution is -2.40. The lowest BCUT2D eigenvalue weighted by atomic mass is 9.91. The fourth-order valence-corrected chi connectivity index (χ4v) is 5.22. The molecule has 0 saturated heterocycles. The lowest BCUT2D eigenvalue weighted by Gasteiger charge is -2.26. The predicted octanol–water partition coefficient (Wildman–Crippen LogP) is 1.24. The minimum absolute atomic E-state index is 0.0472. The molecule has 1 heterocycles. The first-order valence-corrected chi connectivity index (χ1v) is 9.95. The molecule has 7 nitrogen and oxygen atoms in total. The molecule has 1 aromatic rings. The Kier molecular flexibility index (Phi) is 4.59.